The van der Waals surface area contributed by atoms with E-state index in [4.69, 9.17) is 11.6 Å². The summed E-state index contributed by atoms with van der Waals surface area (Å²) in [5.74, 6) is -0.178. The Kier molecular flexibility index (Phi) is 4.69. The van der Waals surface area contributed by atoms with Crippen molar-refractivity contribution in [2.24, 2.45) is 0 Å². The fraction of sp³-hybridized carbons (Fsp3) is 0.263. The lowest BCUT2D eigenvalue weighted by atomic mass is 10.00. The van der Waals surface area contributed by atoms with E-state index < -0.39 is 0 Å². The van der Waals surface area contributed by atoms with E-state index in [1.807, 2.05) is 38.4 Å². The average Bonchev–Trinajstić information content (AvgIpc) is 2.92. The quantitative estimate of drug-likeness (QED) is 0.672. The van der Waals surface area contributed by atoms with Crippen molar-refractivity contribution in [1.82, 2.24) is 9.88 Å². The summed E-state index contributed by atoms with van der Waals surface area (Å²) in [6.45, 7) is 0.971. The van der Waals surface area contributed by atoms with Crippen LogP contribution in [-0.4, -0.2) is 18.7 Å². The van der Waals surface area contributed by atoms with Gasteiger partial charge in [0.15, 0.2) is 0 Å². The zero-order valence-corrected chi connectivity index (χ0v) is 14.1. The summed E-state index contributed by atoms with van der Waals surface area (Å²) >= 11 is 6.31. The highest BCUT2D eigenvalue weighted by Gasteiger charge is 2.20. The minimum absolute atomic E-state index is 0.178. The number of benzene rings is 2. The third-order valence-electron chi connectivity index (χ3n) is 4.08. The van der Waals surface area contributed by atoms with Crippen molar-refractivity contribution in [3.05, 3.63) is 59.0 Å². The van der Waals surface area contributed by atoms with E-state index in [1.54, 1.807) is 6.07 Å². The molecule has 23 heavy (non-hydrogen) atoms. The van der Waals surface area contributed by atoms with Crippen LogP contribution in [0.25, 0.3) is 22.0 Å². The smallest absolute Gasteiger partial charge is 0.131 e. The summed E-state index contributed by atoms with van der Waals surface area (Å²) in [5, 5.41) is 4.66. The molecule has 0 fully saturated rings. The molecule has 2 nitrogen and oxygen atoms in total. The number of nitrogens with zero attached hydrogens (tertiary/aromatic N) is 1. The maximum Gasteiger partial charge on any atom is 0.131 e. The highest BCUT2D eigenvalue weighted by Crippen LogP contribution is 2.38. The lowest BCUT2D eigenvalue weighted by molar-refractivity contribution is 0.629. The second kappa shape index (κ2) is 6.73. The standard InChI is InChI=1S/C17H13ClFN.C2H7N/c18-15-8-7-12-14(11-4-1-2-6-16(11)19)10-20-9-3-5-13(15)17(12)20;1-3-2/h1-2,4,6-8,10H,3,5,9H2;3H,1-2H3. The molecule has 3 aromatic rings. The van der Waals surface area contributed by atoms with Gasteiger partial charge in [-0.2, -0.15) is 0 Å². The summed E-state index contributed by atoms with van der Waals surface area (Å²) in [7, 11) is 3.75. The summed E-state index contributed by atoms with van der Waals surface area (Å²) in [5.41, 5.74) is 3.98. The van der Waals surface area contributed by atoms with Crippen LogP contribution in [0.1, 0.15) is 12.0 Å². The molecule has 0 aliphatic carbocycles. The fourth-order valence-corrected chi connectivity index (χ4v) is 3.43. The predicted octanol–water partition coefficient (Wildman–Crippen LogP) is 4.88. The third-order valence-corrected chi connectivity index (χ3v) is 4.43. The molecule has 1 aromatic heterocycles. The Bertz CT molecular complexity index is 839. The molecule has 1 aliphatic rings. The monoisotopic (exact) mass is 330 g/mol. The fourth-order valence-electron chi connectivity index (χ4n) is 3.18. The lowest BCUT2D eigenvalue weighted by Gasteiger charge is -2.16. The van der Waals surface area contributed by atoms with Crippen LogP contribution in [0.5, 0.6) is 0 Å². The first kappa shape index (κ1) is 16.0. The molecule has 0 atom stereocenters. The van der Waals surface area contributed by atoms with E-state index in [2.05, 4.69) is 16.1 Å². The van der Waals surface area contributed by atoms with E-state index in [0.717, 1.165) is 35.4 Å². The van der Waals surface area contributed by atoms with E-state index in [-0.39, 0.29) is 5.82 Å². The van der Waals surface area contributed by atoms with Gasteiger partial charge in [-0.25, -0.2) is 4.39 Å². The first-order chi connectivity index (χ1) is 11.2. The van der Waals surface area contributed by atoms with Gasteiger partial charge in [-0.05, 0) is 44.6 Å². The topological polar surface area (TPSA) is 17.0 Å². The third kappa shape index (κ3) is 2.87. The van der Waals surface area contributed by atoms with Gasteiger partial charge in [0.1, 0.15) is 5.82 Å². The van der Waals surface area contributed by atoms with E-state index >= 15 is 0 Å². The molecule has 2 aromatic carbocycles. The molecule has 2 heterocycles. The van der Waals surface area contributed by atoms with Crippen molar-refractivity contribution in [2.75, 3.05) is 14.1 Å². The molecule has 0 saturated carbocycles. The molecule has 4 rings (SSSR count). The van der Waals surface area contributed by atoms with Crippen LogP contribution in [0, 0.1) is 5.82 Å². The van der Waals surface area contributed by atoms with Crippen molar-refractivity contribution < 1.29 is 4.39 Å². The molecule has 0 saturated heterocycles. The molecular formula is C19H20ClFN2. The van der Waals surface area contributed by atoms with Gasteiger partial charge < -0.3 is 9.88 Å². The van der Waals surface area contributed by atoms with Crippen molar-refractivity contribution in [3.8, 4) is 11.1 Å². The molecule has 1 N–H and O–H groups in total. The largest absolute Gasteiger partial charge is 0.347 e. The number of aromatic nitrogens is 1. The van der Waals surface area contributed by atoms with Crippen molar-refractivity contribution in [2.45, 2.75) is 19.4 Å². The van der Waals surface area contributed by atoms with Gasteiger partial charge in [0.05, 0.1) is 5.52 Å². The minimum Gasteiger partial charge on any atom is -0.347 e. The number of rotatable bonds is 1. The maximum atomic E-state index is 14.1. The Morgan fingerprint density at radius 3 is 2.57 bits per heavy atom. The van der Waals surface area contributed by atoms with Gasteiger partial charge in [0.2, 0.25) is 0 Å². The Hall–Kier alpha value is -1.84. The van der Waals surface area contributed by atoms with E-state index in [0.29, 0.717) is 5.56 Å². The van der Waals surface area contributed by atoms with Crippen LogP contribution in [0.4, 0.5) is 4.39 Å². The number of hydrogen-bond donors (Lipinski definition) is 1. The molecule has 0 radical (unpaired) electrons. The summed E-state index contributed by atoms with van der Waals surface area (Å²) in [6, 6.07) is 10.9. The minimum atomic E-state index is -0.178. The Morgan fingerprint density at radius 1 is 1.09 bits per heavy atom. The normalized spacial score (nSPS) is 12.9. The van der Waals surface area contributed by atoms with Crippen LogP contribution in [-0.2, 0) is 13.0 Å². The zero-order chi connectivity index (χ0) is 16.4. The highest BCUT2D eigenvalue weighted by molar-refractivity contribution is 6.32. The van der Waals surface area contributed by atoms with Crippen LogP contribution in [0.15, 0.2) is 42.6 Å². The second-order valence-corrected chi connectivity index (χ2v) is 6.15. The number of aryl methyl sites for hydroxylation is 2. The number of hydrogen-bond acceptors (Lipinski definition) is 1. The Labute approximate surface area is 140 Å². The molecule has 120 valence electrons. The molecule has 0 amide bonds. The van der Waals surface area contributed by atoms with Gasteiger partial charge in [-0.3, -0.25) is 0 Å². The number of nitrogens with one attached hydrogen (secondary N) is 1. The zero-order valence-electron chi connectivity index (χ0n) is 13.4. The van der Waals surface area contributed by atoms with Gasteiger partial charge in [-0.1, -0.05) is 35.9 Å². The Balaban J connectivity index is 0.000000485. The molecular weight excluding hydrogens is 311 g/mol. The van der Waals surface area contributed by atoms with Crippen LogP contribution in [0.3, 0.4) is 0 Å². The molecule has 0 unspecified atom stereocenters. The van der Waals surface area contributed by atoms with E-state index in [9.17, 15) is 4.39 Å². The summed E-state index contributed by atoms with van der Waals surface area (Å²) in [4.78, 5) is 0. The van der Waals surface area contributed by atoms with E-state index in [1.165, 1.54) is 17.1 Å². The second-order valence-electron chi connectivity index (χ2n) is 5.74. The van der Waals surface area contributed by atoms with Crippen molar-refractivity contribution in [1.29, 1.82) is 0 Å². The van der Waals surface area contributed by atoms with Crippen molar-refractivity contribution >= 4 is 22.5 Å². The van der Waals surface area contributed by atoms with Crippen molar-refractivity contribution in [3.63, 3.8) is 0 Å². The molecule has 4 heteroatoms. The molecule has 1 aliphatic heterocycles. The highest BCUT2D eigenvalue weighted by atomic mass is 35.5. The van der Waals surface area contributed by atoms with Gasteiger partial charge in [-0.15, -0.1) is 0 Å². The molecule has 0 spiro atoms. The van der Waals surface area contributed by atoms with Crippen LogP contribution >= 0.6 is 11.6 Å². The first-order valence-corrected chi connectivity index (χ1v) is 8.18. The molecule has 0 bridgehead atoms. The SMILES string of the molecule is CNC.Fc1ccccc1-c1cn2c3c(c(Cl)ccc13)CCC2. The van der Waals surface area contributed by atoms with Crippen LogP contribution in [0.2, 0.25) is 5.02 Å². The van der Waals surface area contributed by atoms with Crippen LogP contribution < -0.4 is 5.32 Å². The van der Waals surface area contributed by atoms with Gasteiger partial charge in [0, 0.05) is 34.3 Å². The summed E-state index contributed by atoms with van der Waals surface area (Å²) < 4.78 is 16.3. The average molecular weight is 331 g/mol. The maximum absolute atomic E-state index is 14.1. The van der Waals surface area contributed by atoms with Gasteiger partial charge in [0.25, 0.3) is 0 Å². The summed E-state index contributed by atoms with van der Waals surface area (Å²) in [6.07, 6.45) is 4.14. The Morgan fingerprint density at radius 2 is 1.83 bits per heavy atom. The predicted molar refractivity (Wildman–Crippen MR) is 95.6 cm³/mol. The lowest BCUT2D eigenvalue weighted by Crippen LogP contribution is -2.06. The number of halogens is 2. The first-order valence-electron chi connectivity index (χ1n) is 7.81. The van der Waals surface area contributed by atoms with Gasteiger partial charge >= 0.3 is 0 Å².